The molecule has 3 rings (SSSR count). The van der Waals surface area contributed by atoms with E-state index in [2.05, 4.69) is 41.4 Å². The fourth-order valence-electron chi connectivity index (χ4n) is 3.09. The molecule has 1 heterocycles. The number of hydrogen-bond donors (Lipinski definition) is 1. The number of aryl methyl sites for hydroxylation is 3. The highest BCUT2D eigenvalue weighted by molar-refractivity contribution is 5.95. The third-order valence-electron chi connectivity index (χ3n) is 4.20. The molecule has 3 nitrogen and oxygen atoms in total. The lowest BCUT2D eigenvalue weighted by molar-refractivity contribution is -0.115. The molecule has 1 amide bonds. The molecular weight excluding hydrogens is 272 g/mol. The Morgan fingerprint density at radius 3 is 2.82 bits per heavy atom. The first-order valence-corrected chi connectivity index (χ1v) is 7.83. The van der Waals surface area contributed by atoms with Crippen molar-refractivity contribution in [1.82, 2.24) is 0 Å². The standard InChI is InChI=1S/C19H22N2O/c1-14-9-10-17(15(2)12-14)20-19(22)13-21-11-5-7-16-6-3-4-8-18(16)21/h3-4,6,8-10,12H,5,7,11,13H2,1-2H3,(H,20,22). The summed E-state index contributed by atoms with van der Waals surface area (Å²) in [5.41, 5.74) is 5.76. The predicted octanol–water partition coefficient (Wildman–Crippen LogP) is 3.69. The minimum Gasteiger partial charge on any atom is -0.362 e. The van der Waals surface area contributed by atoms with Crippen LogP contribution in [-0.4, -0.2) is 19.0 Å². The molecule has 2 aromatic carbocycles. The third-order valence-corrected chi connectivity index (χ3v) is 4.20. The second kappa shape index (κ2) is 6.22. The molecule has 2 aromatic rings. The average molecular weight is 294 g/mol. The normalized spacial score (nSPS) is 13.6. The molecule has 22 heavy (non-hydrogen) atoms. The van der Waals surface area contributed by atoms with Crippen LogP contribution in [0.25, 0.3) is 0 Å². The van der Waals surface area contributed by atoms with Gasteiger partial charge in [-0.15, -0.1) is 0 Å². The van der Waals surface area contributed by atoms with Gasteiger partial charge in [0.1, 0.15) is 0 Å². The number of hydrogen-bond acceptors (Lipinski definition) is 2. The van der Waals surface area contributed by atoms with Gasteiger partial charge in [-0.1, -0.05) is 35.9 Å². The summed E-state index contributed by atoms with van der Waals surface area (Å²) in [6.07, 6.45) is 2.21. The van der Waals surface area contributed by atoms with Crippen molar-refractivity contribution in [3.63, 3.8) is 0 Å². The summed E-state index contributed by atoms with van der Waals surface area (Å²) in [4.78, 5) is 14.6. The van der Waals surface area contributed by atoms with Crippen LogP contribution < -0.4 is 10.2 Å². The Balaban J connectivity index is 1.70. The molecule has 0 bridgehead atoms. The molecule has 0 fully saturated rings. The zero-order valence-corrected chi connectivity index (χ0v) is 13.2. The highest BCUT2D eigenvalue weighted by Gasteiger charge is 2.18. The molecule has 0 spiro atoms. The molecule has 0 atom stereocenters. The van der Waals surface area contributed by atoms with E-state index in [-0.39, 0.29) is 5.91 Å². The van der Waals surface area contributed by atoms with E-state index in [1.807, 2.05) is 25.1 Å². The van der Waals surface area contributed by atoms with Crippen molar-refractivity contribution in [3.05, 3.63) is 59.2 Å². The summed E-state index contributed by atoms with van der Waals surface area (Å²) < 4.78 is 0. The summed E-state index contributed by atoms with van der Waals surface area (Å²) in [5.74, 6) is 0.0451. The molecule has 3 heteroatoms. The van der Waals surface area contributed by atoms with Gasteiger partial charge in [0.2, 0.25) is 5.91 Å². The number of nitrogens with zero attached hydrogens (tertiary/aromatic N) is 1. The first kappa shape index (κ1) is 14.6. The third kappa shape index (κ3) is 3.14. The van der Waals surface area contributed by atoms with Crippen LogP contribution in [0.15, 0.2) is 42.5 Å². The zero-order chi connectivity index (χ0) is 15.5. The topological polar surface area (TPSA) is 32.3 Å². The zero-order valence-electron chi connectivity index (χ0n) is 13.2. The summed E-state index contributed by atoms with van der Waals surface area (Å²) in [6.45, 7) is 5.43. The van der Waals surface area contributed by atoms with Crippen molar-refractivity contribution < 1.29 is 4.79 Å². The molecule has 0 aliphatic carbocycles. The van der Waals surface area contributed by atoms with Gasteiger partial charge in [0.25, 0.3) is 0 Å². The Labute approximate surface area is 132 Å². The molecule has 1 N–H and O–H groups in total. The van der Waals surface area contributed by atoms with Crippen LogP contribution in [0.5, 0.6) is 0 Å². The van der Waals surface area contributed by atoms with Gasteiger partial charge < -0.3 is 10.2 Å². The number of amides is 1. The maximum atomic E-state index is 12.4. The molecule has 0 saturated carbocycles. The van der Waals surface area contributed by atoms with Crippen molar-refractivity contribution in [2.75, 3.05) is 23.3 Å². The number of benzene rings is 2. The largest absolute Gasteiger partial charge is 0.362 e. The van der Waals surface area contributed by atoms with E-state index < -0.39 is 0 Å². The van der Waals surface area contributed by atoms with E-state index >= 15 is 0 Å². The van der Waals surface area contributed by atoms with Gasteiger partial charge in [0, 0.05) is 17.9 Å². The highest BCUT2D eigenvalue weighted by Crippen LogP contribution is 2.26. The number of para-hydroxylation sites is 1. The smallest absolute Gasteiger partial charge is 0.243 e. The number of anilines is 2. The fourth-order valence-corrected chi connectivity index (χ4v) is 3.09. The second-order valence-electron chi connectivity index (χ2n) is 6.02. The van der Waals surface area contributed by atoms with E-state index in [1.54, 1.807) is 0 Å². The van der Waals surface area contributed by atoms with Crippen molar-refractivity contribution in [2.24, 2.45) is 0 Å². The molecule has 0 saturated heterocycles. The number of nitrogens with one attached hydrogen (secondary N) is 1. The highest BCUT2D eigenvalue weighted by atomic mass is 16.2. The lowest BCUT2D eigenvalue weighted by atomic mass is 10.0. The van der Waals surface area contributed by atoms with E-state index in [9.17, 15) is 4.79 Å². The van der Waals surface area contributed by atoms with Crippen molar-refractivity contribution in [3.8, 4) is 0 Å². The van der Waals surface area contributed by atoms with Crippen LogP contribution in [0.2, 0.25) is 0 Å². The molecular formula is C19H22N2O. The van der Waals surface area contributed by atoms with Gasteiger partial charge >= 0.3 is 0 Å². The maximum Gasteiger partial charge on any atom is 0.243 e. The first-order chi connectivity index (χ1) is 10.6. The van der Waals surface area contributed by atoms with E-state index in [4.69, 9.17) is 0 Å². The number of rotatable bonds is 3. The molecule has 0 aromatic heterocycles. The summed E-state index contributed by atoms with van der Waals surface area (Å²) >= 11 is 0. The Morgan fingerprint density at radius 1 is 1.18 bits per heavy atom. The van der Waals surface area contributed by atoms with Gasteiger partial charge in [-0.3, -0.25) is 4.79 Å². The average Bonchev–Trinajstić information content (AvgIpc) is 2.50. The quantitative estimate of drug-likeness (QED) is 0.936. The lowest BCUT2D eigenvalue weighted by Crippen LogP contribution is -2.36. The molecule has 1 aliphatic heterocycles. The first-order valence-electron chi connectivity index (χ1n) is 7.83. The summed E-state index contributed by atoms with van der Waals surface area (Å²) in [7, 11) is 0. The van der Waals surface area contributed by atoms with Gasteiger partial charge in [0.15, 0.2) is 0 Å². The minimum atomic E-state index is 0.0451. The molecule has 0 unspecified atom stereocenters. The summed E-state index contributed by atoms with van der Waals surface area (Å²) in [6, 6.07) is 14.5. The van der Waals surface area contributed by atoms with Gasteiger partial charge in [0.05, 0.1) is 6.54 Å². The number of carbonyl (C=O) groups is 1. The molecule has 1 aliphatic rings. The van der Waals surface area contributed by atoms with Crippen molar-refractivity contribution >= 4 is 17.3 Å². The Bertz CT molecular complexity index is 694. The SMILES string of the molecule is Cc1ccc(NC(=O)CN2CCCc3ccccc32)c(C)c1. The van der Waals surface area contributed by atoms with Crippen LogP contribution in [-0.2, 0) is 11.2 Å². The van der Waals surface area contributed by atoms with Crippen LogP contribution in [0.4, 0.5) is 11.4 Å². The number of fused-ring (bicyclic) bond motifs is 1. The van der Waals surface area contributed by atoms with Crippen LogP contribution in [0, 0.1) is 13.8 Å². The minimum absolute atomic E-state index is 0.0451. The monoisotopic (exact) mass is 294 g/mol. The second-order valence-corrected chi connectivity index (χ2v) is 6.02. The van der Waals surface area contributed by atoms with Crippen LogP contribution in [0.3, 0.4) is 0 Å². The van der Waals surface area contributed by atoms with Crippen molar-refractivity contribution in [1.29, 1.82) is 0 Å². The lowest BCUT2D eigenvalue weighted by Gasteiger charge is -2.30. The number of carbonyl (C=O) groups excluding carboxylic acids is 1. The van der Waals surface area contributed by atoms with Crippen LogP contribution >= 0.6 is 0 Å². The van der Waals surface area contributed by atoms with Crippen LogP contribution in [0.1, 0.15) is 23.1 Å². The van der Waals surface area contributed by atoms with Gasteiger partial charge in [-0.05, 0) is 49.9 Å². The van der Waals surface area contributed by atoms with Gasteiger partial charge in [-0.2, -0.15) is 0 Å². The van der Waals surface area contributed by atoms with E-state index in [1.165, 1.54) is 16.8 Å². The van der Waals surface area contributed by atoms with E-state index in [0.717, 1.165) is 30.6 Å². The van der Waals surface area contributed by atoms with Gasteiger partial charge in [-0.25, -0.2) is 0 Å². The maximum absolute atomic E-state index is 12.4. The Morgan fingerprint density at radius 2 is 2.00 bits per heavy atom. The molecule has 114 valence electrons. The Kier molecular flexibility index (Phi) is 4.14. The summed E-state index contributed by atoms with van der Waals surface area (Å²) in [5, 5.41) is 3.03. The Hall–Kier alpha value is -2.29. The predicted molar refractivity (Wildman–Crippen MR) is 91.5 cm³/mol. The molecule has 0 radical (unpaired) electrons. The van der Waals surface area contributed by atoms with Crippen molar-refractivity contribution in [2.45, 2.75) is 26.7 Å². The fraction of sp³-hybridized carbons (Fsp3) is 0.316. The van der Waals surface area contributed by atoms with E-state index in [0.29, 0.717) is 6.54 Å².